The molecule has 0 aromatic carbocycles. The van der Waals surface area contributed by atoms with Gasteiger partial charge in [-0.3, -0.25) is 9.59 Å². The third-order valence-electron chi connectivity index (χ3n) is 3.96. The minimum atomic E-state index is -0.104. The number of carbonyl (C=O) groups excluding carboxylic acids is 2. The molecule has 1 atom stereocenters. The minimum absolute atomic E-state index is 0.0820. The molecule has 19 heavy (non-hydrogen) atoms. The van der Waals surface area contributed by atoms with Crippen LogP contribution in [0.25, 0.3) is 0 Å². The molecule has 2 aliphatic heterocycles. The van der Waals surface area contributed by atoms with Crippen LogP contribution in [-0.4, -0.2) is 29.3 Å². The predicted octanol–water partition coefficient (Wildman–Crippen LogP) is 1.52. The summed E-state index contributed by atoms with van der Waals surface area (Å²) in [6, 6.07) is 2.24. The Bertz CT molecular complexity index is 568. The lowest BCUT2D eigenvalue weighted by atomic mass is 10.1. The van der Waals surface area contributed by atoms with Gasteiger partial charge in [0.25, 0.3) is 5.91 Å². The number of pyridine rings is 1. The van der Waals surface area contributed by atoms with E-state index in [1.807, 2.05) is 6.07 Å². The highest BCUT2D eigenvalue weighted by Gasteiger charge is 2.29. The smallest absolute Gasteiger partial charge is 0.252 e. The molecule has 3 heterocycles. The summed E-state index contributed by atoms with van der Waals surface area (Å²) in [4.78, 5) is 30.2. The molecule has 5 heteroatoms. The standard InChI is InChI=1S/C14H17N3O2/c1-8-4-3-5-17(8)12-6-10-11(7-15-14(10)19)13(16-12)9(2)18/h6,8H,3-5,7H2,1-2H3,(H,15,19)/t8-/m1/s1. The average molecular weight is 259 g/mol. The Morgan fingerprint density at radius 2 is 2.32 bits per heavy atom. The molecule has 0 bridgehead atoms. The van der Waals surface area contributed by atoms with E-state index in [-0.39, 0.29) is 11.7 Å². The van der Waals surface area contributed by atoms with Crippen LogP contribution in [0.4, 0.5) is 5.82 Å². The van der Waals surface area contributed by atoms with Crippen molar-refractivity contribution in [1.29, 1.82) is 0 Å². The number of hydrogen-bond acceptors (Lipinski definition) is 4. The lowest BCUT2D eigenvalue weighted by Gasteiger charge is -2.23. The van der Waals surface area contributed by atoms with Gasteiger partial charge in [-0.15, -0.1) is 0 Å². The maximum Gasteiger partial charge on any atom is 0.252 e. The van der Waals surface area contributed by atoms with E-state index in [0.717, 1.165) is 30.8 Å². The zero-order valence-electron chi connectivity index (χ0n) is 11.2. The van der Waals surface area contributed by atoms with Crippen molar-refractivity contribution in [3.63, 3.8) is 0 Å². The summed E-state index contributed by atoms with van der Waals surface area (Å²) >= 11 is 0. The topological polar surface area (TPSA) is 62.3 Å². The van der Waals surface area contributed by atoms with Gasteiger partial charge in [0, 0.05) is 31.6 Å². The summed E-state index contributed by atoms with van der Waals surface area (Å²) in [5.41, 5.74) is 1.78. The van der Waals surface area contributed by atoms with Crippen molar-refractivity contribution in [2.24, 2.45) is 0 Å². The van der Waals surface area contributed by atoms with Crippen molar-refractivity contribution in [2.45, 2.75) is 39.3 Å². The van der Waals surface area contributed by atoms with Gasteiger partial charge in [0.2, 0.25) is 0 Å². The summed E-state index contributed by atoms with van der Waals surface area (Å²) < 4.78 is 0. The van der Waals surface area contributed by atoms with Crippen LogP contribution >= 0.6 is 0 Å². The van der Waals surface area contributed by atoms with E-state index < -0.39 is 0 Å². The fourth-order valence-electron chi connectivity index (χ4n) is 2.92. The van der Waals surface area contributed by atoms with Crippen molar-refractivity contribution in [1.82, 2.24) is 10.3 Å². The maximum absolute atomic E-state index is 11.8. The van der Waals surface area contributed by atoms with E-state index in [9.17, 15) is 9.59 Å². The van der Waals surface area contributed by atoms with Crippen molar-refractivity contribution >= 4 is 17.5 Å². The molecule has 1 N–H and O–H groups in total. The number of Topliss-reactive ketones (excluding diaryl/α,β-unsaturated/α-hetero) is 1. The van der Waals surface area contributed by atoms with Gasteiger partial charge in [0.1, 0.15) is 11.5 Å². The molecule has 5 nitrogen and oxygen atoms in total. The Morgan fingerprint density at radius 3 is 2.95 bits per heavy atom. The zero-order chi connectivity index (χ0) is 13.6. The fourth-order valence-corrected chi connectivity index (χ4v) is 2.92. The fraction of sp³-hybridized carbons (Fsp3) is 0.500. The third-order valence-corrected chi connectivity index (χ3v) is 3.96. The molecule has 0 aliphatic carbocycles. The summed E-state index contributed by atoms with van der Waals surface area (Å²) in [7, 11) is 0. The summed E-state index contributed by atoms with van der Waals surface area (Å²) in [6.07, 6.45) is 2.25. The molecule has 1 amide bonds. The van der Waals surface area contributed by atoms with E-state index in [0.29, 0.717) is 23.8 Å². The molecule has 0 saturated carbocycles. The summed E-state index contributed by atoms with van der Waals surface area (Å²) in [6.45, 7) is 5.00. The molecule has 1 aromatic heterocycles. The van der Waals surface area contributed by atoms with E-state index >= 15 is 0 Å². The van der Waals surface area contributed by atoms with E-state index in [1.165, 1.54) is 6.92 Å². The van der Waals surface area contributed by atoms with Gasteiger partial charge in [0.05, 0.1) is 5.56 Å². The molecule has 1 saturated heterocycles. The van der Waals surface area contributed by atoms with Gasteiger partial charge >= 0.3 is 0 Å². The highest BCUT2D eigenvalue weighted by Crippen LogP contribution is 2.28. The van der Waals surface area contributed by atoms with Crippen LogP contribution in [0.1, 0.15) is 53.1 Å². The third kappa shape index (κ3) is 1.89. The van der Waals surface area contributed by atoms with Crippen LogP contribution in [0.2, 0.25) is 0 Å². The van der Waals surface area contributed by atoms with Gasteiger partial charge < -0.3 is 10.2 Å². The average Bonchev–Trinajstić information content (AvgIpc) is 2.95. The van der Waals surface area contributed by atoms with E-state index in [4.69, 9.17) is 0 Å². The Labute approximate surface area is 112 Å². The first-order valence-electron chi connectivity index (χ1n) is 6.67. The first-order valence-corrected chi connectivity index (χ1v) is 6.67. The van der Waals surface area contributed by atoms with Crippen LogP contribution < -0.4 is 10.2 Å². The van der Waals surface area contributed by atoms with Gasteiger partial charge in [-0.05, 0) is 25.8 Å². The molecule has 1 fully saturated rings. The number of hydrogen-bond donors (Lipinski definition) is 1. The number of anilines is 1. The molecule has 0 spiro atoms. The molecule has 0 unspecified atom stereocenters. The molecule has 0 radical (unpaired) electrons. The van der Waals surface area contributed by atoms with Gasteiger partial charge in [0.15, 0.2) is 5.78 Å². The van der Waals surface area contributed by atoms with Crippen molar-refractivity contribution < 1.29 is 9.59 Å². The number of nitrogens with one attached hydrogen (secondary N) is 1. The van der Waals surface area contributed by atoms with Gasteiger partial charge in [-0.2, -0.15) is 0 Å². The number of nitrogens with zero attached hydrogens (tertiary/aromatic N) is 2. The van der Waals surface area contributed by atoms with Crippen molar-refractivity contribution in [2.75, 3.05) is 11.4 Å². The van der Waals surface area contributed by atoms with Crippen LogP contribution in [-0.2, 0) is 6.54 Å². The molecule has 1 aromatic rings. The molecule has 2 aliphatic rings. The highest BCUT2D eigenvalue weighted by atomic mass is 16.2. The van der Waals surface area contributed by atoms with E-state index in [2.05, 4.69) is 22.1 Å². The summed E-state index contributed by atoms with van der Waals surface area (Å²) in [5.74, 6) is 0.570. The number of ketones is 1. The van der Waals surface area contributed by atoms with Crippen LogP contribution in [0, 0.1) is 0 Å². The zero-order valence-corrected chi connectivity index (χ0v) is 11.2. The Balaban J connectivity index is 2.12. The Morgan fingerprint density at radius 1 is 1.53 bits per heavy atom. The molecule has 100 valence electrons. The van der Waals surface area contributed by atoms with Gasteiger partial charge in [-0.25, -0.2) is 4.98 Å². The first-order chi connectivity index (χ1) is 9.08. The first kappa shape index (κ1) is 12.1. The van der Waals surface area contributed by atoms with E-state index in [1.54, 1.807) is 0 Å². The highest BCUT2D eigenvalue weighted by molar-refractivity contribution is 6.04. The second-order valence-corrected chi connectivity index (χ2v) is 5.28. The Kier molecular flexibility index (Phi) is 2.77. The lowest BCUT2D eigenvalue weighted by molar-refractivity contribution is 0.0964. The van der Waals surface area contributed by atoms with Crippen LogP contribution in [0.15, 0.2) is 6.07 Å². The van der Waals surface area contributed by atoms with Crippen molar-refractivity contribution in [3.05, 3.63) is 22.9 Å². The number of fused-ring (bicyclic) bond motifs is 1. The second kappa shape index (κ2) is 4.33. The summed E-state index contributed by atoms with van der Waals surface area (Å²) in [5, 5.41) is 2.76. The monoisotopic (exact) mass is 259 g/mol. The quantitative estimate of drug-likeness (QED) is 0.818. The SMILES string of the molecule is CC(=O)c1nc(N2CCC[C@H]2C)cc2c1CNC2=O. The molecule has 3 rings (SSSR count). The molecular formula is C14H17N3O2. The van der Waals surface area contributed by atoms with Crippen LogP contribution in [0.5, 0.6) is 0 Å². The number of amides is 1. The minimum Gasteiger partial charge on any atom is -0.354 e. The van der Waals surface area contributed by atoms with Gasteiger partial charge in [-0.1, -0.05) is 0 Å². The van der Waals surface area contributed by atoms with Crippen LogP contribution in [0.3, 0.4) is 0 Å². The normalized spacial score (nSPS) is 21.5. The maximum atomic E-state index is 11.8. The largest absolute Gasteiger partial charge is 0.354 e. The molecular weight excluding hydrogens is 242 g/mol. The lowest BCUT2D eigenvalue weighted by Crippen LogP contribution is -2.28. The number of carbonyl (C=O) groups is 2. The Hall–Kier alpha value is -1.91. The number of rotatable bonds is 2. The van der Waals surface area contributed by atoms with Crippen molar-refractivity contribution in [3.8, 4) is 0 Å². The second-order valence-electron chi connectivity index (χ2n) is 5.28. The predicted molar refractivity (Wildman–Crippen MR) is 71.5 cm³/mol. The number of aromatic nitrogens is 1.